The predicted octanol–water partition coefficient (Wildman–Crippen LogP) is 1.55. The van der Waals surface area contributed by atoms with Gasteiger partial charge in [0.05, 0.1) is 11.0 Å². The van der Waals surface area contributed by atoms with Gasteiger partial charge in [0.25, 0.3) is 0 Å². The molecule has 1 aromatic heterocycles. The van der Waals surface area contributed by atoms with E-state index in [0.717, 1.165) is 11.1 Å². The number of carbonyl (C=O) groups is 2. The van der Waals surface area contributed by atoms with Gasteiger partial charge in [0.15, 0.2) is 6.04 Å². The van der Waals surface area contributed by atoms with Crippen LogP contribution in [0.4, 0.5) is 0 Å². The zero-order valence-corrected chi connectivity index (χ0v) is 14.8. The Morgan fingerprint density at radius 2 is 1.74 bits per heavy atom. The molecule has 0 saturated heterocycles. The van der Waals surface area contributed by atoms with E-state index in [4.69, 9.17) is 0 Å². The molecular formula is C20H19N3O4. The minimum Gasteiger partial charge on any atom is -0.479 e. The number of aliphatic carboxylic acids is 1. The van der Waals surface area contributed by atoms with Crippen molar-refractivity contribution in [3.8, 4) is 0 Å². The first-order chi connectivity index (χ1) is 13.0. The van der Waals surface area contributed by atoms with Gasteiger partial charge in [-0.1, -0.05) is 36.4 Å². The maximum atomic E-state index is 13.0. The first kappa shape index (κ1) is 17.1. The fourth-order valence-electron chi connectivity index (χ4n) is 3.84. The largest absolute Gasteiger partial charge is 0.479 e. The number of hydrogen-bond acceptors (Lipinski definition) is 3. The third-order valence-corrected chi connectivity index (χ3v) is 5.18. The Labute approximate surface area is 155 Å². The number of amides is 1. The summed E-state index contributed by atoms with van der Waals surface area (Å²) in [4.78, 5) is 38.8. The molecule has 0 radical (unpaired) electrons. The van der Waals surface area contributed by atoms with E-state index in [1.165, 1.54) is 14.0 Å². The average molecular weight is 365 g/mol. The van der Waals surface area contributed by atoms with Gasteiger partial charge in [0, 0.05) is 13.6 Å². The highest BCUT2D eigenvalue weighted by Gasteiger charge is 2.36. The van der Waals surface area contributed by atoms with Gasteiger partial charge in [-0.15, -0.1) is 0 Å². The lowest BCUT2D eigenvalue weighted by molar-refractivity contribution is -0.151. The SMILES string of the molecule is Cn1c(=O)n(CC(=O)N2CCc3ccccc3C2C(=O)O)c2ccccc21. The van der Waals surface area contributed by atoms with Gasteiger partial charge in [0.2, 0.25) is 5.91 Å². The summed E-state index contributed by atoms with van der Waals surface area (Å²) in [6.45, 7) is 0.123. The van der Waals surface area contributed by atoms with E-state index in [0.29, 0.717) is 24.0 Å². The number of para-hydroxylation sites is 2. The number of imidazole rings is 1. The summed E-state index contributed by atoms with van der Waals surface area (Å²) in [6.07, 6.45) is 0.593. The number of benzene rings is 2. The maximum Gasteiger partial charge on any atom is 0.331 e. The Morgan fingerprint density at radius 3 is 2.48 bits per heavy atom. The van der Waals surface area contributed by atoms with Crippen LogP contribution in [0, 0.1) is 0 Å². The van der Waals surface area contributed by atoms with E-state index in [2.05, 4.69) is 0 Å². The molecule has 1 N–H and O–H groups in total. The van der Waals surface area contributed by atoms with Gasteiger partial charge in [-0.3, -0.25) is 13.9 Å². The molecule has 0 saturated carbocycles. The van der Waals surface area contributed by atoms with Crippen molar-refractivity contribution in [1.82, 2.24) is 14.0 Å². The molecule has 1 aliphatic rings. The zero-order valence-electron chi connectivity index (χ0n) is 14.8. The van der Waals surface area contributed by atoms with Crippen LogP contribution in [0.15, 0.2) is 53.3 Å². The smallest absolute Gasteiger partial charge is 0.331 e. The molecule has 1 unspecified atom stereocenters. The van der Waals surface area contributed by atoms with Crippen molar-refractivity contribution in [2.75, 3.05) is 6.54 Å². The first-order valence-corrected chi connectivity index (χ1v) is 8.73. The van der Waals surface area contributed by atoms with Crippen LogP contribution >= 0.6 is 0 Å². The van der Waals surface area contributed by atoms with Crippen LogP contribution in [0.2, 0.25) is 0 Å². The molecule has 27 heavy (non-hydrogen) atoms. The van der Waals surface area contributed by atoms with Crippen molar-refractivity contribution < 1.29 is 14.7 Å². The molecule has 0 aliphatic carbocycles. The normalized spacial score (nSPS) is 16.3. The molecule has 0 bridgehead atoms. The quantitative estimate of drug-likeness (QED) is 0.763. The number of carboxylic acid groups (broad SMARTS) is 1. The monoisotopic (exact) mass is 365 g/mol. The number of carbonyl (C=O) groups excluding carboxylic acids is 1. The number of rotatable bonds is 3. The first-order valence-electron chi connectivity index (χ1n) is 8.73. The molecule has 1 amide bonds. The van der Waals surface area contributed by atoms with E-state index in [-0.39, 0.29) is 18.1 Å². The molecule has 1 atom stereocenters. The Balaban J connectivity index is 1.71. The molecule has 0 fully saturated rings. The number of aromatic nitrogens is 2. The van der Waals surface area contributed by atoms with Gasteiger partial charge in [-0.05, 0) is 29.7 Å². The summed E-state index contributed by atoms with van der Waals surface area (Å²) in [6, 6.07) is 13.5. The van der Waals surface area contributed by atoms with Gasteiger partial charge < -0.3 is 10.0 Å². The van der Waals surface area contributed by atoms with E-state index in [1.807, 2.05) is 24.3 Å². The summed E-state index contributed by atoms with van der Waals surface area (Å²) in [5.41, 5.74) is 2.66. The summed E-state index contributed by atoms with van der Waals surface area (Å²) < 4.78 is 2.89. The standard InChI is InChI=1S/C20H19N3O4/c1-21-15-8-4-5-9-16(15)23(20(21)27)12-17(24)22-11-10-13-6-2-3-7-14(13)18(22)19(25)26/h2-9,18H,10-12H2,1H3,(H,25,26). The van der Waals surface area contributed by atoms with Gasteiger partial charge in [-0.2, -0.15) is 0 Å². The van der Waals surface area contributed by atoms with Crippen LogP contribution in [0.3, 0.4) is 0 Å². The average Bonchev–Trinajstić information content (AvgIpc) is 2.92. The minimum atomic E-state index is -1.07. The third-order valence-electron chi connectivity index (χ3n) is 5.18. The summed E-state index contributed by atoms with van der Waals surface area (Å²) in [7, 11) is 1.66. The Morgan fingerprint density at radius 1 is 1.07 bits per heavy atom. The lowest BCUT2D eigenvalue weighted by Gasteiger charge is -2.34. The summed E-state index contributed by atoms with van der Waals surface area (Å²) >= 11 is 0. The van der Waals surface area contributed by atoms with Crippen molar-refractivity contribution in [3.63, 3.8) is 0 Å². The second-order valence-electron chi connectivity index (χ2n) is 6.69. The molecule has 7 heteroatoms. The fourth-order valence-corrected chi connectivity index (χ4v) is 3.84. The number of nitrogens with zero attached hydrogens (tertiary/aromatic N) is 3. The Bertz CT molecular complexity index is 1110. The fraction of sp³-hybridized carbons (Fsp3) is 0.250. The van der Waals surface area contributed by atoms with Gasteiger partial charge >= 0.3 is 11.7 Å². The molecule has 1 aliphatic heterocycles. The lowest BCUT2D eigenvalue weighted by Crippen LogP contribution is -2.45. The van der Waals surface area contributed by atoms with Crippen molar-refractivity contribution in [2.45, 2.75) is 19.0 Å². The molecule has 2 heterocycles. The van der Waals surface area contributed by atoms with Crippen molar-refractivity contribution >= 4 is 22.9 Å². The Kier molecular flexibility index (Phi) is 4.07. The van der Waals surface area contributed by atoms with E-state index >= 15 is 0 Å². The highest BCUT2D eigenvalue weighted by atomic mass is 16.4. The van der Waals surface area contributed by atoms with E-state index in [1.54, 1.807) is 31.3 Å². The molecule has 2 aromatic carbocycles. The summed E-state index contributed by atoms with van der Waals surface area (Å²) in [5.74, 6) is -1.45. The number of fused-ring (bicyclic) bond motifs is 2. The van der Waals surface area contributed by atoms with Gasteiger partial charge in [0.1, 0.15) is 6.54 Å². The molecule has 7 nitrogen and oxygen atoms in total. The minimum absolute atomic E-state index is 0.188. The van der Waals surface area contributed by atoms with Crippen LogP contribution in [0.1, 0.15) is 17.2 Å². The number of hydrogen-bond donors (Lipinski definition) is 1. The summed E-state index contributed by atoms with van der Waals surface area (Å²) in [5, 5.41) is 9.73. The lowest BCUT2D eigenvalue weighted by atomic mass is 9.92. The van der Waals surface area contributed by atoms with Crippen LogP contribution in [0.25, 0.3) is 11.0 Å². The second-order valence-corrected chi connectivity index (χ2v) is 6.69. The molecular weight excluding hydrogens is 346 g/mol. The van der Waals surface area contributed by atoms with Crippen LogP contribution in [-0.2, 0) is 29.6 Å². The second kappa shape index (κ2) is 6.42. The van der Waals surface area contributed by atoms with Crippen molar-refractivity contribution in [2.24, 2.45) is 7.05 Å². The molecule has 138 valence electrons. The van der Waals surface area contributed by atoms with Gasteiger partial charge in [-0.25, -0.2) is 9.59 Å². The highest BCUT2D eigenvalue weighted by molar-refractivity contribution is 5.86. The predicted molar refractivity (Wildman–Crippen MR) is 99.4 cm³/mol. The van der Waals surface area contributed by atoms with E-state index < -0.39 is 12.0 Å². The van der Waals surface area contributed by atoms with Crippen LogP contribution < -0.4 is 5.69 Å². The van der Waals surface area contributed by atoms with E-state index in [9.17, 15) is 19.5 Å². The highest BCUT2D eigenvalue weighted by Crippen LogP contribution is 2.30. The Hall–Kier alpha value is -3.35. The molecule has 3 aromatic rings. The molecule has 0 spiro atoms. The maximum absolute atomic E-state index is 13.0. The number of aryl methyl sites for hydroxylation is 1. The van der Waals surface area contributed by atoms with Crippen molar-refractivity contribution in [3.05, 3.63) is 70.1 Å². The zero-order chi connectivity index (χ0) is 19.1. The van der Waals surface area contributed by atoms with Crippen LogP contribution in [-0.4, -0.2) is 37.6 Å². The van der Waals surface area contributed by atoms with Crippen LogP contribution in [0.5, 0.6) is 0 Å². The number of carboxylic acids is 1. The topological polar surface area (TPSA) is 84.5 Å². The molecule has 4 rings (SSSR count). The third kappa shape index (κ3) is 2.71. The van der Waals surface area contributed by atoms with Crippen molar-refractivity contribution in [1.29, 1.82) is 0 Å².